The fraction of sp³-hybridized carbons (Fsp3) is 0.647. The van der Waals surface area contributed by atoms with Crippen LogP contribution in [-0.2, 0) is 0 Å². The molecule has 1 saturated heterocycles. The molecule has 1 fully saturated rings. The van der Waals surface area contributed by atoms with Crippen LogP contribution in [0, 0.1) is 0 Å². The molecule has 0 spiro atoms. The van der Waals surface area contributed by atoms with Crippen molar-refractivity contribution in [1.82, 2.24) is 4.90 Å². The summed E-state index contributed by atoms with van der Waals surface area (Å²) in [5, 5.41) is 9.33. The normalized spacial score (nSPS) is 17.7. The molecule has 1 aliphatic rings. The van der Waals surface area contributed by atoms with Crippen LogP contribution in [-0.4, -0.2) is 29.6 Å². The highest BCUT2D eigenvalue weighted by molar-refractivity contribution is 5.28. The second-order valence-electron chi connectivity index (χ2n) is 5.77. The molecule has 1 heterocycles. The van der Waals surface area contributed by atoms with Crippen LogP contribution in [0.1, 0.15) is 56.9 Å². The van der Waals surface area contributed by atoms with Gasteiger partial charge in [0.05, 0.1) is 0 Å². The van der Waals surface area contributed by atoms with Crippen molar-refractivity contribution in [2.24, 2.45) is 0 Å². The highest BCUT2D eigenvalue weighted by Gasteiger charge is 2.19. The van der Waals surface area contributed by atoms with Gasteiger partial charge >= 0.3 is 0 Å². The average Bonchev–Trinajstić information content (AvgIpc) is 2.45. The first kappa shape index (κ1) is 14.4. The quantitative estimate of drug-likeness (QED) is 0.778. The molecule has 0 saturated carbocycles. The molecule has 106 valence electrons. The number of rotatable bonds is 6. The molecule has 1 aliphatic heterocycles. The third kappa shape index (κ3) is 4.54. The van der Waals surface area contributed by atoms with Gasteiger partial charge in [0.2, 0.25) is 0 Å². The Balaban J connectivity index is 1.71. The van der Waals surface area contributed by atoms with Gasteiger partial charge in [0.25, 0.3) is 0 Å². The van der Waals surface area contributed by atoms with Crippen molar-refractivity contribution in [2.45, 2.75) is 51.4 Å². The summed E-state index contributed by atoms with van der Waals surface area (Å²) in [7, 11) is 0. The van der Waals surface area contributed by atoms with Crippen molar-refractivity contribution >= 4 is 0 Å². The smallest absolute Gasteiger partial charge is 0.115 e. The lowest BCUT2D eigenvalue weighted by atomic mass is 9.89. The first-order valence-corrected chi connectivity index (χ1v) is 7.81. The number of benzene rings is 1. The van der Waals surface area contributed by atoms with Crippen LogP contribution < -0.4 is 0 Å². The molecule has 1 aromatic rings. The number of piperidine rings is 1. The molecule has 0 atom stereocenters. The minimum absolute atomic E-state index is 0.372. The summed E-state index contributed by atoms with van der Waals surface area (Å²) < 4.78 is 0. The fourth-order valence-electron chi connectivity index (χ4n) is 3.00. The minimum atomic E-state index is 0.372. The van der Waals surface area contributed by atoms with E-state index in [0.29, 0.717) is 11.7 Å². The van der Waals surface area contributed by atoms with Gasteiger partial charge in [0.15, 0.2) is 0 Å². The van der Waals surface area contributed by atoms with Gasteiger partial charge in [-0.05, 0) is 62.5 Å². The van der Waals surface area contributed by atoms with Gasteiger partial charge < -0.3 is 10.0 Å². The molecule has 0 radical (unpaired) electrons. The van der Waals surface area contributed by atoms with Crippen LogP contribution >= 0.6 is 0 Å². The van der Waals surface area contributed by atoms with Gasteiger partial charge in [0, 0.05) is 0 Å². The second-order valence-corrected chi connectivity index (χ2v) is 5.77. The summed E-state index contributed by atoms with van der Waals surface area (Å²) in [5.74, 6) is 1.06. The van der Waals surface area contributed by atoms with Gasteiger partial charge in [0.1, 0.15) is 5.75 Å². The Bertz CT molecular complexity index is 352. The molecule has 0 amide bonds. The first-order valence-electron chi connectivity index (χ1n) is 7.81. The maximum atomic E-state index is 9.33. The molecular weight excluding hydrogens is 234 g/mol. The van der Waals surface area contributed by atoms with E-state index in [-0.39, 0.29) is 0 Å². The standard InChI is InChI=1S/C17H27NO/c1-2-3-4-5-12-18-13-10-16(11-14-18)15-6-8-17(19)9-7-15/h6-9,16,19H,2-5,10-14H2,1H3. The summed E-state index contributed by atoms with van der Waals surface area (Å²) in [5.41, 5.74) is 1.39. The first-order chi connectivity index (χ1) is 9.29. The number of phenolic OH excluding ortho intramolecular Hbond substituents is 1. The Morgan fingerprint density at radius 3 is 2.37 bits per heavy atom. The molecule has 0 bridgehead atoms. The number of unbranched alkanes of at least 4 members (excludes halogenated alkanes) is 3. The number of aromatic hydroxyl groups is 1. The van der Waals surface area contributed by atoms with E-state index in [1.54, 1.807) is 0 Å². The Hall–Kier alpha value is -1.02. The zero-order valence-corrected chi connectivity index (χ0v) is 12.1. The van der Waals surface area contributed by atoms with E-state index in [1.807, 2.05) is 12.1 Å². The molecule has 19 heavy (non-hydrogen) atoms. The summed E-state index contributed by atoms with van der Waals surface area (Å²) in [6.45, 7) is 6.01. The van der Waals surface area contributed by atoms with Crippen LogP contribution in [0.2, 0.25) is 0 Å². The molecule has 1 N–H and O–H groups in total. The Kier molecular flexibility index (Phi) is 5.71. The minimum Gasteiger partial charge on any atom is -0.508 e. The third-order valence-electron chi connectivity index (χ3n) is 4.28. The highest BCUT2D eigenvalue weighted by Crippen LogP contribution is 2.29. The van der Waals surface area contributed by atoms with E-state index in [1.165, 1.54) is 63.7 Å². The van der Waals surface area contributed by atoms with Crippen LogP contribution in [0.15, 0.2) is 24.3 Å². The molecule has 2 rings (SSSR count). The summed E-state index contributed by atoms with van der Waals surface area (Å²) in [4.78, 5) is 2.62. The van der Waals surface area contributed by atoms with Crippen molar-refractivity contribution in [3.8, 4) is 5.75 Å². The van der Waals surface area contributed by atoms with E-state index in [0.717, 1.165) is 0 Å². The lowest BCUT2D eigenvalue weighted by molar-refractivity contribution is 0.208. The molecule has 1 aromatic carbocycles. The summed E-state index contributed by atoms with van der Waals surface area (Å²) >= 11 is 0. The number of hydrogen-bond acceptors (Lipinski definition) is 2. The predicted octanol–water partition coefficient (Wildman–Crippen LogP) is 4.15. The zero-order valence-electron chi connectivity index (χ0n) is 12.1. The van der Waals surface area contributed by atoms with Gasteiger partial charge in [-0.2, -0.15) is 0 Å². The van der Waals surface area contributed by atoms with E-state index in [9.17, 15) is 5.11 Å². The maximum absolute atomic E-state index is 9.33. The maximum Gasteiger partial charge on any atom is 0.115 e. The molecule has 2 nitrogen and oxygen atoms in total. The summed E-state index contributed by atoms with van der Waals surface area (Å²) in [6.07, 6.45) is 7.97. The Morgan fingerprint density at radius 1 is 1.05 bits per heavy atom. The van der Waals surface area contributed by atoms with E-state index >= 15 is 0 Å². The van der Waals surface area contributed by atoms with Crippen LogP contribution in [0.5, 0.6) is 5.75 Å². The molecular formula is C17H27NO. The van der Waals surface area contributed by atoms with Crippen molar-refractivity contribution in [3.63, 3.8) is 0 Å². The zero-order chi connectivity index (χ0) is 13.5. The molecule has 0 aliphatic carbocycles. The monoisotopic (exact) mass is 261 g/mol. The van der Waals surface area contributed by atoms with E-state index < -0.39 is 0 Å². The van der Waals surface area contributed by atoms with Gasteiger partial charge in [-0.1, -0.05) is 38.3 Å². The SMILES string of the molecule is CCCCCCN1CCC(c2ccc(O)cc2)CC1. The van der Waals surface area contributed by atoms with Crippen LogP contribution in [0.4, 0.5) is 0 Å². The van der Waals surface area contributed by atoms with Gasteiger partial charge in [-0.3, -0.25) is 0 Å². The van der Waals surface area contributed by atoms with Crippen molar-refractivity contribution < 1.29 is 5.11 Å². The van der Waals surface area contributed by atoms with E-state index in [4.69, 9.17) is 0 Å². The van der Waals surface area contributed by atoms with E-state index in [2.05, 4.69) is 24.0 Å². The second kappa shape index (κ2) is 7.54. The Labute approximate surface area is 117 Å². The van der Waals surface area contributed by atoms with Crippen LogP contribution in [0.25, 0.3) is 0 Å². The number of nitrogens with zero attached hydrogens (tertiary/aromatic N) is 1. The van der Waals surface area contributed by atoms with Gasteiger partial charge in [-0.25, -0.2) is 0 Å². The van der Waals surface area contributed by atoms with Crippen molar-refractivity contribution in [1.29, 1.82) is 0 Å². The molecule has 0 unspecified atom stereocenters. The number of phenols is 1. The topological polar surface area (TPSA) is 23.5 Å². The lowest BCUT2D eigenvalue weighted by Crippen LogP contribution is -2.33. The van der Waals surface area contributed by atoms with Crippen molar-refractivity contribution in [3.05, 3.63) is 29.8 Å². The van der Waals surface area contributed by atoms with Crippen LogP contribution in [0.3, 0.4) is 0 Å². The average molecular weight is 261 g/mol. The third-order valence-corrected chi connectivity index (χ3v) is 4.28. The Morgan fingerprint density at radius 2 is 1.74 bits per heavy atom. The van der Waals surface area contributed by atoms with Gasteiger partial charge in [-0.15, -0.1) is 0 Å². The molecule has 2 heteroatoms. The van der Waals surface area contributed by atoms with Crippen molar-refractivity contribution in [2.75, 3.05) is 19.6 Å². The number of likely N-dealkylation sites (tertiary alicyclic amines) is 1. The lowest BCUT2D eigenvalue weighted by Gasteiger charge is -2.32. The number of hydrogen-bond donors (Lipinski definition) is 1. The summed E-state index contributed by atoms with van der Waals surface area (Å²) in [6, 6.07) is 7.78. The largest absolute Gasteiger partial charge is 0.508 e. The predicted molar refractivity (Wildman–Crippen MR) is 80.7 cm³/mol. The highest BCUT2D eigenvalue weighted by atomic mass is 16.3. The molecule has 0 aromatic heterocycles. The fourth-order valence-corrected chi connectivity index (χ4v) is 3.00.